The SMILES string of the molecule is NCc1cccc(CS(=O)(=O)NCC2(C3CC3)CC2)c1. The van der Waals surface area contributed by atoms with Crippen molar-refractivity contribution in [2.24, 2.45) is 17.1 Å². The summed E-state index contributed by atoms with van der Waals surface area (Å²) in [6.45, 7) is 1.06. The number of hydrogen-bond donors (Lipinski definition) is 2. The Kier molecular flexibility index (Phi) is 3.60. The third-order valence-corrected chi connectivity index (χ3v) is 5.86. The summed E-state index contributed by atoms with van der Waals surface area (Å²) in [6, 6.07) is 7.48. The molecule has 0 heterocycles. The van der Waals surface area contributed by atoms with E-state index in [-0.39, 0.29) is 5.75 Å². The van der Waals surface area contributed by atoms with E-state index in [1.165, 1.54) is 25.7 Å². The lowest BCUT2D eigenvalue weighted by Crippen LogP contribution is -2.32. The van der Waals surface area contributed by atoms with Crippen molar-refractivity contribution in [2.75, 3.05) is 6.54 Å². The molecule has 4 nitrogen and oxygen atoms in total. The molecule has 0 aromatic heterocycles. The molecule has 0 spiro atoms. The molecule has 110 valence electrons. The first kappa shape index (κ1) is 14.0. The average molecular weight is 294 g/mol. The average Bonchev–Trinajstić information content (AvgIpc) is 3.27. The van der Waals surface area contributed by atoms with Crippen LogP contribution in [0.1, 0.15) is 36.8 Å². The van der Waals surface area contributed by atoms with Crippen molar-refractivity contribution in [3.05, 3.63) is 35.4 Å². The highest BCUT2D eigenvalue weighted by atomic mass is 32.2. The number of rotatable bonds is 7. The zero-order valence-electron chi connectivity index (χ0n) is 11.6. The van der Waals surface area contributed by atoms with E-state index < -0.39 is 10.0 Å². The van der Waals surface area contributed by atoms with Gasteiger partial charge in [0.2, 0.25) is 10.0 Å². The topological polar surface area (TPSA) is 72.2 Å². The molecule has 2 aliphatic rings. The van der Waals surface area contributed by atoms with E-state index >= 15 is 0 Å². The molecule has 0 radical (unpaired) electrons. The van der Waals surface area contributed by atoms with Gasteiger partial charge in [0.15, 0.2) is 0 Å². The molecule has 0 aliphatic heterocycles. The summed E-state index contributed by atoms with van der Waals surface area (Å²) in [4.78, 5) is 0. The smallest absolute Gasteiger partial charge is 0.215 e. The van der Waals surface area contributed by atoms with Gasteiger partial charge in [0.25, 0.3) is 0 Å². The van der Waals surface area contributed by atoms with E-state index in [0.29, 0.717) is 18.5 Å². The highest BCUT2D eigenvalue weighted by Crippen LogP contribution is 2.60. The monoisotopic (exact) mass is 294 g/mol. The van der Waals surface area contributed by atoms with Crippen LogP contribution < -0.4 is 10.5 Å². The largest absolute Gasteiger partial charge is 0.326 e. The van der Waals surface area contributed by atoms with Gasteiger partial charge in [0.05, 0.1) is 5.75 Å². The predicted molar refractivity (Wildman–Crippen MR) is 79.4 cm³/mol. The first-order valence-electron chi connectivity index (χ1n) is 7.28. The summed E-state index contributed by atoms with van der Waals surface area (Å²) in [5, 5.41) is 0. The maximum atomic E-state index is 12.2. The first-order valence-corrected chi connectivity index (χ1v) is 8.93. The summed E-state index contributed by atoms with van der Waals surface area (Å²) in [5.74, 6) is 0.812. The summed E-state index contributed by atoms with van der Waals surface area (Å²) in [7, 11) is -3.25. The molecule has 2 saturated carbocycles. The summed E-state index contributed by atoms with van der Waals surface area (Å²) < 4.78 is 27.2. The molecule has 2 fully saturated rings. The van der Waals surface area contributed by atoms with Crippen LogP contribution in [-0.4, -0.2) is 15.0 Å². The van der Waals surface area contributed by atoms with E-state index in [9.17, 15) is 8.42 Å². The van der Waals surface area contributed by atoms with Crippen molar-refractivity contribution in [3.8, 4) is 0 Å². The normalized spacial score (nSPS) is 20.9. The van der Waals surface area contributed by atoms with Crippen molar-refractivity contribution in [3.63, 3.8) is 0 Å². The van der Waals surface area contributed by atoms with Gasteiger partial charge in [-0.05, 0) is 48.1 Å². The van der Waals surface area contributed by atoms with E-state index in [1.807, 2.05) is 24.3 Å². The molecule has 0 saturated heterocycles. The molecule has 2 aliphatic carbocycles. The summed E-state index contributed by atoms with van der Waals surface area (Å²) in [5.41, 5.74) is 7.65. The van der Waals surface area contributed by atoms with Gasteiger partial charge in [-0.2, -0.15) is 0 Å². The number of nitrogens with one attached hydrogen (secondary N) is 1. The lowest BCUT2D eigenvalue weighted by molar-refractivity contribution is 0.431. The molecule has 5 heteroatoms. The van der Waals surface area contributed by atoms with Crippen LogP contribution in [0.25, 0.3) is 0 Å². The third-order valence-electron chi connectivity index (χ3n) is 4.56. The van der Waals surface area contributed by atoms with E-state index in [4.69, 9.17) is 5.73 Å². The van der Waals surface area contributed by atoms with Gasteiger partial charge in [0.1, 0.15) is 0 Å². The van der Waals surface area contributed by atoms with Gasteiger partial charge < -0.3 is 5.73 Å². The Bertz CT molecular complexity index is 590. The molecule has 3 rings (SSSR count). The molecule has 0 amide bonds. The van der Waals surface area contributed by atoms with Crippen LogP contribution in [0.5, 0.6) is 0 Å². The summed E-state index contributed by atoms with van der Waals surface area (Å²) >= 11 is 0. The molecule has 20 heavy (non-hydrogen) atoms. The Morgan fingerprint density at radius 3 is 2.55 bits per heavy atom. The van der Waals surface area contributed by atoms with Crippen LogP contribution in [0.15, 0.2) is 24.3 Å². The minimum atomic E-state index is -3.25. The Balaban J connectivity index is 1.60. The van der Waals surface area contributed by atoms with Gasteiger partial charge in [-0.1, -0.05) is 24.3 Å². The van der Waals surface area contributed by atoms with Gasteiger partial charge >= 0.3 is 0 Å². The molecule has 0 unspecified atom stereocenters. The minimum Gasteiger partial charge on any atom is -0.326 e. The van der Waals surface area contributed by atoms with E-state index in [0.717, 1.165) is 17.0 Å². The van der Waals surface area contributed by atoms with Crippen molar-refractivity contribution in [1.29, 1.82) is 0 Å². The fraction of sp³-hybridized carbons (Fsp3) is 0.600. The highest BCUT2D eigenvalue weighted by Gasteiger charge is 2.53. The van der Waals surface area contributed by atoms with Crippen LogP contribution >= 0.6 is 0 Å². The van der Waals surface area contributed by atoms with E-state index in [1.54, 1.807) is 0 Å². The van der Waals surface area contributed by atoms with Gasteiger partial charge in [-0.3, -0.25) is 0 Å². The maximum absolute atomic E-state index is 12.2. The Hall–Kier alpha value is -0.910. The molecular formula is C15H22N2O2S. The number of benzene rings is 1. The van der Waals surface area contributed by atoms with Crippen LogP contribution in [0.3, 0.4) is 0 Å². The second kappa shape index (κ2) is 5.13. The maximum Gasteiger partial charge on any atom is 0.215 e. The number of nitrogens with two attached hydrogens (primary N) is 1. The van der Waals surface area contributed by atoms with Crippen LogP contribution in [0.4, 0.5) is 0 Å². The molecular weight excluding hydrogens is 272 g/mol. The standard InChI is InChI=1S/C15H22N2O2S/c16-9-12-2-1-3-13(8-12)10-20(18,19)17-11-15(6-7-15)14-4-5-14/h1-3,8,14,17H,4-7,9-11,16H2. The second-order valence-electron chi connectivity index (χ2n) is 6.24. The highest BCUT2D eigenvalue weighted by molar-refractivity contribution is 7.88. The minimum absolute atomic E-state index is 0.0432. The summed E-state index contributed by atoms with van der Waals surface area (Å²) in [6.07, 6.45) is 4.92. The fourth-order valence-electron chi connectivity index (χ4n) is 2.96. The van der Waals surface area contributed by atoms with Crippen LogP contribution in [0, 0.1) is 11.3 Å². The number of sulfonamides is 1. The van der Waals surface area contributed by atoms with Gasteiger partial charge in [0, 0.05) is 13.1 Å². The van der Waals surface area contributed by atoms with Crippen molar-refractivity contribution in [1.82, 2.24) is 4.72 Å². The predicted octanol–water partition coefficient (Wildman–Crippen LogP) is 1.75. The molecule has 0 atom stereocenters. The molecule has 0 bridgehead atoms. The molecule has 3 N–H and O–H groups in total. The molecule has 1 aromatic carbocycles. The van der Waals surface area contributed by atoms with Crippen molar-refractivity contribution >= 4 is 10.0 Å². The van der Waals surface area contributed by atoms with Crippen LogP contribution in [-0.2, 0) is 22.3 Å². The van der Waals surface area contributed by atoms with Gasteiger partial charge in [-0.25, -0.2) is 13.1 Å². The zero-order valence-corrected chi connectivity index (χ0v) is 12.5. The zero-order chi connectivity index (χ0) is 14.2. The fourth-order valence-corrected chi connectivity index (χ4v) is 4.18. The lowest BCUT2D eigenvalue weighted by Gasteiger charge is -2.15. The first-order chi connectivity index (χ1) is 9.53. The Morgan fingerprint density at radius 1 is 1.25 bits per heavy atom. The number of hydrogen-bond acceptors (Lipinski definition) is 3. The van der Waals surface area contributed by atoms with Gasteiger partial charge in [-0.15, -0.1) is 0 Å². The Labute approximate surface area is 120 Å². The van der Waals surface area contributed by atoms with Crippen molar-refractivity contribution < 1.29 is 8.42 Å². The Morgan fingerprint density at radius 2 is 1.95 bits per heavy atom. The van der Waals surface area contributed by atoms with E-state index in [2.05, 4.69) is 4.72 Å². The lowest BCUT2D eigenvalue weighted by atomic mass is 10.0. The quantitative estimate of drug-likeness (QED) is 0.805. The van der Waals surface area contributed by atoms with Crippen LogP contribution in [0.2, 0.25) is 0 Å². The third kappa shape index (κ3) is 3.22. The molecule has 1 aromatic rings. The van der Waals surface area contributed by atoms with Crippen molar-refractivity contribution in [2.45, 2.75) is 38.0 Å². The second-order valence-corrected chi connectivity index (χ2v) is 8.05.